The van der Waals surface area contributed by atoms with Crippen molar-refractivity contribution in [2.24, 2.45) is 5.92 Å². The first-order valence-electron chi connectivity index (χ1n) is 7.99. The Morgan fingerprint density at radius 2 is 1.81 bits per heavy atom. The Balaban J connectivity index is 2.09. The lowest BCUT2D eigenvalue weighted by atomic mass is 10.0. The van der Waals surface area contributed by atoms with Gasteiger partial charge in [0, 0.05) is 11.6 Å². The maximum Gasteiger partial charge on any atom is 0.241 e. The summed E-state index contributed by atoms with van der Waals surface area (Å²) in [4.78, 5) is 12.5. The molecule has 0 spiro atoms. The van der Waals surface area contributed by atoms with Crippen LogP contribution >= 0.6 is 11.6 Å². The zero-order valence-electron chi connectivity index (χ0n) is 14.4. The third kappa shape index (κ3) is 5.52. The minimum absolute atomic E-state index is 0.0121. The molecule has 1 atom stereocenters. The van der Waals surface area contributed by atoms with E-state index < -0.39 is 22.0 Å². The van der Waals surface area contributed by atoms with Gasteiger partial charge in [0.25, 0.3) is 0 Å². The van der Waals surface area contributed by atoms with Crippen LogP contribution in [-0.4, -0.2) is 20.4 Å². The summed E-state index contributed by atoms with van der Waals surface area (Å²) in [5.41, 5.74) is 0.708. The van der Waals surface area contributed by atoms with Crippen LogP contribution in [0.4, 0.5) is 4.39 Å². The Morgan fingerprint density at radius 3 is 2.38 bits per heavy atom. The summed E-state index contributed by atoms with van der Waals surface area (Å²) >= 11 is 5.84. The summed E-state index contributed by atoms with van der Waals surface area (Å²) in [5.74, 6) is -1.11. The topological polar surface area (TPSA) is 75.3 Å². The molecule has 0 aromatic heterocycles. The fourth-order valence-electron chi connectivity index (χ4n) is 2.26. The molecule has 140 valence electrons. The lowest BCUT2D eigenvalue weighted by Crippen LogP contribution is -2.49. The number of halogens is 2. The molecule has 0 bridgehead atoms. The maximum absolute atomic E-state index is 12.9. The highest BCUT2D eigenvalue weighted by Gasteiger charge is 2.28. The van der Waals surface area contributed by atoms with Gasteiger partial charge in [-0.15, -0.1) is 0 Å². The third-order valence-electron chi connectivity index (χ3n) is 3.72. The Hall–Kier alpha value is -1.96. The number of sulfonamides is 1. The van der Waals surface area contributed by atoms with Gasteiger partial charge in [0.15, 0.2) is 0 Å². The zero-order valence-corrected chi connectivity index (χ0v) is 15.9. The van der Waals surface area contributed by atoms with Gasteiger partial charge >= 0.3 is 0 Å². The number of carbonyl (C=O) groups excluding carboxylic acids is 1. The van der Waals surface area contributed by atoms with E-state index in [4.69, 9.17) is 11.6 Å². The first kappa shape index (κ1) is 20.4. The molecular weight excluding hydrogens is 379 g/mol. The Labute approximate surface area is 157 Å². The summed E-state index contributed by atoms with van der Waals surface area (Å²) in [5, 5.41) is 2.96. The van der Waals surface area contributed by atoms with Gasteiger partial charge in [-0.2, -0.15) is 4.72 Å². The van der Waals surface area contributed by atoms with Crippen molar-refractivity contribution in [3.05, 3.63) is 64.9 Å². The first-order chi connectivity index (χ1) is 12.2. The summed E-state index contributed by atoms with van der Waals surface area (Å²) in [6, 6.07) is 10.5. The summed E-state index contributed by atoms with van der Waals surface area (Å²) in [6.07, 6.45) is 0. The van der Waals surface area contributed by atoms with Crippen LogP contribution in [0, 0.1) is 11.7 Å². The number of carbonyl (C=O) groups is 1. The molecule has 0 saturated carbocycles. The highest BCUT2D eigenvalue weighted by molar-refractivity contribution is 7.89. The van der Waals surface area contributed by atoms with Crippen molar-refractivity contribution < 1.29 is 17.6 Å². The fourth-order valence-corrected chi connectivity index (χ4v) is 3.91. The Kier molecular flexibility index (Phi) is 6.75. The van der Waals surface area contributed by atoms with E-state index in [0.29, 0.717) is 5.56 Å². The lowest BCUT2D eigenvalue weighted by Gasteiger charge is -2.21. The predicted molar refractivity (Wildman–Crippen MR) is 98.6 cm³/mol. The van der Waals surface area contributed by atoms with Gasteiger partial charge in [-0.25, -0.2) is 12.8 Å². The highest BCUT2D eigenvalue weighted by Crippen LogP contribution is 2.17. The van der Waals surface area contributed by atoms with Crippen LogP contribution in [0.15, 0.2) is 53.4 Å². The van der Waals surface area contributed by atoms with Crippen LogP contribution in [0.2, 0.25) is 5.02 Å². The number of hydrogen-bond donors (Lipinski definition) is 2. The minimum atomic E-state index is -3.91. The van der Waals surface area contributed by atoms with Crippen LogP contribution in [0.25, 0.3) is 0 Å². The second kappa shape index (κ2) is 8.62. The van der Waals surface area contributed by atoms with Crippen LogP contribution < -0.4 is 10.0 Å². The molecule has 0 aliphatic heterocycles. The molecule has 0 aliphatic rings. The van der Waals surface area contributed by atoms with E-state index >= 15 is 0 Å². The molecule has 0 radical (unpaired) electrons. The van der Waals surface area contributed by atoms with Crippen molar-refractivity contribution in [1.82, 2.24) is 10.0 Å². The monoisotopic (exact) mass is 398 g/mol. The number of rotatable bonds is 7. The van der Waals surface area contributed by atoms with Crippen molar-refractivity contribution in [2.75, 3.05) is 0 Å². The van der Waals surface area contributed by atoms with Gasteiger partial charge < -0.3 is 5.32 Å². The van der Waals surface area contributed by atoms with E-state index in [2.05, 4.69) is 10.0 Å². The number of hydrogen-bond acceptors (Lipinski definition) is 3. The summed E-state index contributed by atoms with van der Waals surface area (Å²) in [7, 11) is -3.91. The molecular formula is C18H20ClFN2O3S. The first-order valence-corrected chi connectivity index (χ1v) is 9.85. The van der Waals surface area contributed by atoms with Gasteiger partial charge in [0.2, 0.25) is 15.9 Å². The van der Waals surface area contributed by atoms with Gasteiger partial charge in [-0.05, 0) is 41.8 Å². The van der Waals surface area contributed by atoms with Gasteiger partial charge in [-0.3, -0.25) is 4.79 Å². The Morgan fingerprint density at radius 1 is 1.15 bits per heavy atom. The second-order valence-corrected chi connectivity index (χ2v) is 8.30. The van der Waals surface area contributed by atoms with E-state index in [1.54, 1.807) is 32.0 Å². The molecule has 0 saturated heterocycles. The largest absolute Gasteiger partial charge is 0.351 e. The van der Waals surface area contributed by atoms with Gasteiger partial charge in [-0.1, -0.05) is 43.6 Å². The van der Waals surface area contributed by atoms with Crippen LogP contribution in [0.5, 0.6) is 0 Å². The lowest BCUT2D eigenvalue weighted by molar-refractivity contribution is -0.123. The molecule has 0 unspecified atom stereocenters. The third-order valence-corrected chi connectivity index (χ3v) is 5.39. The fraction of sp³-hybridized carbons (Fsp3) is 0.278. The van der Waals surface area contributed by atoms with E-state index in [0.717, 1.165) is 0 Å². The van der Waals surface area contributed by atoms with Crippen LogP contribution in [-0.2, 0) is 21.4 Å². The Bertz CT molecular complexity index is 870. The normalized spacial score (nSPS) is 12.8. The van der Waals surface area contributed by atoms with Gasteiger partial charge in [0.05, 0.1) is 4.90 Å². The van der Waals surface area contributed by atoms with E-state index in [9.17, 15) is 17.6 Å². The van der Waals surface area contributed by atoms with E-state index in [-0.39, 0.29) is 28.2 Å². The molecule has 0 heterocycles. The number of nitrogens with one attached hydrogen (secondary N) is 2. The molecule has 2 aromatic carbocycles. The van der Waals surface area contributed by atoms with Crippen LogP contribution in [0.1, 0.15) is 19.4 Å². The molecule has 1 amide bonds. The standard InChI is InChI=1S/C18H20ClFN2O3S/c1-12(2)17(18(23)21-11-13-6-8-15(20)9-7-13)22-26(24,25)16-5-3-4-14(19)10-16/h3-10,12,17,22H,11H2,1-2H3,(H,21,23)/t17-/m0/s1. The number of amides is 1. The summed E-state index contributed by atoms with van der Waals surface area (Å²) in [6.45, 7) is 3.65. The zero-order chi connectivity index (χ0) is 19.3. The van der Waals surface area contributed by atoms with E-state index in [1.165, 1.54) is 30.3 Å². The molecule has 2 rings (SSSR count). The quantitative estimate of drug-likeness (QED) is 0.752. The van der Waals surface area contributed by atoms with Crippen molar-refractivity contribution in [3.8, 4) is 0 Å². The van der Waals surface area contributed by atoms with Crippen LogP contribution in [0.3, 0.4) is 0 Å². The molecule has 5 nitrogen and oxygen atoms in total. The SMILES string of the molecule is CC(C)[C@H](NS(=O)(=O)c1cccc(Cl)c1)C(=O)NCc1ccc(F)cc1. The van der Waals surface area contributed by atoms with E-state index in [1.807, 2.05) is 0 Å². The minimum Gasteiger partial charge on any atom is -0.351 e. The van der Waals surface area contributed by atoms with Gasteiger partial charge in [0.1, 0.15) is 11.9 Å². The molecule has 26 heavy (non-hydrogen) atoms. The molecule has 2 aromatic rings. The predicted octanol–water partition coefficient (Wildman–Crippen LogP) is 3.10. The molecule has 2 N–H and O–H groups in total. The number of benzene rings is 2. The summed E-state index contributed by atoms with van der Waals surface area (Å²) < 4.78 is 40.4. The van der Waals surface area contributed by atoms with Crippen molar-refractivity contribution >= 4 is 27.5 Å². The van der Waals surface area contributed by atoms with Crippen molar-refractivity contribution in [2.45, 2.75) is 31.3 Å². The highest BCUT2D eigenvalue weighted by atomic mass is 35.5. The average Bonchev–Trinajstić information content (AvgIpc) is 2.59. The molecule has 0 fully saturated rings. The van der Waals surface area contributed by atoms with Crippen molar-refractivity contribution in [3.63, 3.8) is 0 Å². The maximum atomic E-state index is 12.9. The molecule has 8 heteroatoms. The average molecular weight is 399 g/mol. The van der Waals surface area contributed by atoms with Crippen molar-refractivity contribution in [1.29, 1.82) is 0 Å². The second-order valence-electron chi connectivity index (χ2n) is 6.14. The smallest absolute Gasteiger partial charge is 0.241 e. The molecule has 0 aliphatic carbocycles.